The minimum absolute atomic E-state index is 0.117. The summed E-state index contributed by atoms with van der Waals surface area (Å²) in [5, 5.41) is 4.13. The molecular weight excluding hydrogens is 426 g/mol. The third-order valence-electron chi connectivity index (χ3n) is 4.11. The Hall–Kier alpha value is -3.05. The van der Waals surface area contributed by atoms with Crippen molar-refractivity contribution in [3.63, 3.8) is 0 Å². The Bertz CT molecular complexity index is 1190. The summed E-state index contributed by atoms with van der Waals surface area (Å²) in [4.78, 5) is 11.6. The summed E-state index contributed by atoms with van der Waals surface area (Å²) in [6, 6.07) is 11.2. The lowest BCUT2D eigenvalue weighted by Crippen LogP contribution is -2.32. The molecule has 1 heterocycles. The number of nitrogens with one attached hydrogen (secondary N) is 1. The molecule has 0 unspecified atom stereocenters. The van der Waals surface area contributed by atoms with Gasteiger partial charge in [-0.3, -0.25) is 4.79 Å². The highest BCUT2D eigenvalue weighted by atomic mass is 32.2. The molecule has 2 aromatic carbocycles. The molecule has 0 radical (unpaired) electrons. The molecule has 0 saturated heterocycles. The lowest BCUT2D eigenvalue weighted by atomic mass is 10.1. The molecule has 11 heteroatoms. The van der Waals surface area contributed by atoms with Crippen LogP contribution in [0.5, 0.6) is 0 Å². The number of rotatable bonds is 6. The van der Waals surface area contributed by atoms with Gasteiger partial charge in [0.1, 0.15) is 5.82 Å². The van der Waals surface area contributed by atoms with E-state index in [1.165, 1.54) is 36.4 Å². The van der Waals surface area contributed by atoms with Crippen molar-refractivity contribution in [3.05, 3.63) is 82.4 Å². The molecule has 3 rings (SSSR count). The molecule has 158 valence electrons. The summed E-state index contributed by atoms with van der Waals surface area (Å²) in [7, 11) is -4.07. The molecular formula is C19H15F4N3O3S. The summed E-state index contributed by atoms with van der Waals surface area (Å²) in [5.74, 6) is -0.426. The SMILES string of the molecule is O=c1ccc(-c2ccc(F)cc2)nn1CCNS(=O)(=O)c1ccc(C(F)(F)F)cc1. The van der Waals surface area contributed by atoms with E-state index in [0.717, 1.165) is 16.8 Å². The van der Waals surface area contributed by atoms with Gasteiger partial charge >= 0.3 is 6.18 Å². The van der Waals surface area contributed by atoms with E-state index in [1.807, 2.05) is 0 Å². The molecule has 0 aliphatic carbocycles. The normalized spacial score (nSPS) is 12.1. The second-order valence-electron chi connectivity index (χ2n) is 6.21. The van der Waals surface area contributed by atoms with E-state index in [4.69, 9.17) is 0 Å². The molecule has 0 aliphatic rings. The first-order chi connectivity index (χ1) is 14.1. The number of hydrogen-bond acceptors (Lipinski definition) is 4. The van der Waals surface area contributed by atoms with E-state index in [0.29, 0.717) is 23.4 Å². The lowest BCUT2D eigenvalue weighted by molar-refractivity contribution is -0.137. The molecule has 0 bridgehead atoms. The average Bonchev–Trinajstić information content (AvgIpc) is 2.69. The van der Waals surface area contributed by atoms with Gasteiger partial charge in [0, 0.05) is 18.2 Å². The van der Waals surface area contributed by atoms with Crippen LogP contribution in [0.15, 0.2) is 70.4 Å². The van der Waals surface area contributed by atoms with Crippen molar-refractivity contribution in [1.29, 1.82) is 0 Å². The van der Waals surface area contributed by atoms with E-state index in [-0.39, 0.29) is 18.0 Å². The monoisotopic (exact) mass is 441 g/mol. The number of aromatic nitrogens is 2. The van der Waals surface area contributed by atoms with Gasteiger partial charge in [-0.2, -0.15) is 18.3 Å². The molecule has 0 saturated carbocycles. The van der Waals surface area contributed by atoms with Crippen LogP contribution in [0.1, 0.15) is 5.56 Å². The molecule has 6 nitrogen and oxygen atoms in total. The standard InChI is InChI=1S/C19H15F4N3O3S/c20-15-5-1-13(2-6-15)17-9-10-18(27)26(25-17)12-11-24-30(28,29)16-7-3-14(4-8-16)19(21,22)23/h1-10,24H,11-12H2. The maximum atomic E-state index is 13.0. The smallest absolute Gasteiger partial charge is 0.268 e. The van der Waals surface area contributed by atoms with Gasteiger partial charge in [-0.05, 0) is 54.6 Å². The van der Waals surface area contributed by atoms with E-state index in [9.17, 15) is 30.8 Å². The Morgan fingerprint density at radius 3 is 2.17 bits per heavy atom. The first-order valence-corrected chi connectivity index (χ1v) is 10.1. The molecule has 0 fully saturated rings. The third kappa shape index (κ3) is 5.10. The highest BCUT2D eigenvalue weighted by molar-refractivity contribution is 7.89. The molecule has 30 heavy (non-hydrogen) atoms. The number of halogens is 4. The summed E-state index contributed by atoms with van der Waals surface area (Å²) < 4.78 is 78.6. The van der Waals surface area contributed by atoms with E-state index in [2.05, 4.69) is 9.82 Å². The summed E-state index contributed by atoms with van der Waals surface area (Å²) >= 11 is 0. The fourth-order valence-corrected chi connectivity index (χ4v) is 3.60. The minimum Gasteiger partial charge on any atom is -0.268 e. The van der Waals surface area contributed by atoms with Crippen LogP contribution in [0.25, 0.3) is 11.3 Å². The van der Waals surface area contributed by atoms with Crippen molar-refractivity contribution < 1.29 is 26.0 Å². The minimum atomic E-state index is -4.57. The fourth-order valence-electron chi connectivity index (χ4n) is 2.58. The van der Waals surface area contributed by atoms with Crippen LogP contribution in [0, 0.1) is 5.82 Å². The van der Waals surface area contributed by atoms with Crippen molar-refractivity contribution in [2.45, 2.75) is 17.6 Å². The van der Waals surface area contributed by atoms with Gasteiger partial charge in [-0.25, -0.2) is 22.2 Å². The van der Waals surface area contributed by atoms with Crippen molar-refractivity contribution in [1.82, 2.24) is 14.5 Å². The van der Waals surface area contributed by atoms with Gasteiger partial charge in [0.15, 0.2) is 0 Å². The van der Waals surface area contributed by atoms with Crippen LogP contribution in [0.3, 0.4) is 0 Å². The van der Waals surface area contributed by atoms with Gasteiger partial charge in [0.05, 0.1) is 22.7 Å². The van der Waals surface area contributed by atoms with E-state index >= 15 is 0 Å². The van der Waals surface area contributed by atoms with Gasteiger partial charge in [-0.1, -0.05) is 0 Å². The van der Waals surface area contributed by atoms with Crippen molar-refractivity contribution >= 4 is 10.0 Å². The molecule has 1 aromatic heterocycles. The highest BCUT2D eigenvalue weighted by Gasteiger charge is 2.30. The Morgan fingerprint density at radius 2 is 1.57 bits per heavy atom. The number of sulfonamides is 1. The van der Waals surface area contributed by atoms with E-state index < -0.39 is 33.1 Å². The summed E-state index contributed by atoms with van der Waals surface area (Å²) in [6.45, 7) is -0.336. The molecule has 3 aromatic rings. The van der Waals surface area contributed by atoms with Crippen LogP contribution in [0.4, 0.5) is 17.6 Å². The first-order valence-electron chi connectivity index (χ1n) is 8.57. The quantitative estimate of drug-likeness (QED) is 0.597. The second kappa shape index (κ2) is 8.36. The number of alkyl halides is 3. The van der Waals surface area contributed by atoms with E-state index in [1.54, 1.807) is 0 Å². The van der Waals surface area contributed by atoms with Crippen LogP contribution < -0.4 is 10.3 Å². The zero-order chi connectivity index (χ0) is 21.9. The van der Waals surface area contributed by atoms with Gasteiger partial charge in [0.25, 0.3) is 5.56 Å². The maximum absolute atomic E-state index is 13.0. The van der Waals surface area contributed by atoms with Crippen LogP contribution in [-0.4, -0.2) is 24.7 Å². The van der Waals surface area contributed by atoms with Gasteiger partial charge < -0.3 is 0 Å². The first kappa shape index (κ1) is 21.7. The predicted octanol–water partition coefficient (Wildman–Crippen LogP) is 3.05. The predicted molar refractivity (Wildman–Crippen MR) is 101 cm³/mol. The van der Waals surface area contributed by atoms with Crippen LogP contribution in [-0.2, 0) is 22.7 Å². The Labute approximate surface area is 168 Å². The Kier molecular flexibility index (Phi) is 6.04. The topological polar surface area (TPSA) is 81.1 Å². The Balaban J connectivity index is 1.70. The van der Waals surface area contributed by atoms with Crippen molar-refractivity contribution in [2.75, 3.05) is 6.54 Å². The van der Waals surface area contributed by atoms with Gasteiger partial charge in [0.2, 0.25) is 10.0 Å². The van der Waals surface area contributed by atoms with Crippen LogP contribution in [0.2, 0.25) is 0 Å². The zero-order valence-corrected chi connectivity index (χ0v) is 16.0. The molecule has 0 aliphatic heterocycles. The zero-order valence-electron chi connectivity index (χ0n) is 15.2. The van der Waals surface area contributed by atoms with Gasteiger partial charge in [-0.15, -0.1) is 0 Å². The summed E-state index contributed by atoms with van der Waals surface area (Å²) in [5.41, 5.74) is -0.486. The largest absolute Gasteiger partial charge is 0.416 e. The fraction of sp³-hybridized carbons (Fsp3) is 0.158. The number of hydrogen-bond donors (Lipinski definition) is 1. The van der Waals surface area contributed by atoms with Crippen LogP contribution >= 0.6 is 0 Å². The maximum Gasteiger partial charge on any atom is 0.416 e. The van der Waals surface area contributed by atoms with Crippen molar-refractivity contribution in [3.8, 4) is 11.3 Å². The molecule has 1 N–H and O–H groups in total. The van der Waals surface area contributed by atoms with Crippen molar-refractivity contribution in [2.24, 2.45) is 0 Å². The number of benzene rings is 2. The highest BCUT2D eigenvalue weighted by Crippen LogP contribution is 2.29. The molecule has 0 spiro atoms. The lowest BCUT2D eigenvalue weighted by Gasteiger charge is -2.10. The molecule has 0 atom stereocenters. The molecule has 0 amide bonds. The third-order valence-corrected chi connectivity index (χ3v) is 5.59. The second-order valence-corrected chi connectivity index (χ2v) is 7.97. The summed E-state index contributed by atoms with van der Waals surface area (Å²) in [6.07, 6.45) is -4.57. The number of nitrogens with zero attached hydrogens (tertiary/aromatic N) is 2. The average molecular weight is 441 g/mol. The Morgan fingerprint density at radius 1 is 0.933 bits per heavy atom.